The number of hydrogen-bond donors (Lipinski definition) is 3. The minimum absolute atomic E-state index is 0.138. The van der Waals surface area contributed by atoms with Gasteiger partial charge in [-0.2, -0.15) is 0 Å². The summed E-state index contributed by atoms with van der Waals surface area (Å²) in [4.78, 5) is 21.7. The van der Waals surface area contributed by atoms with E-state index in [9.17, 15) is 14.7 Å². The monoisotopic (exact) mass is 379 g/mol. The van der Waals surface area contributed by atoms with Crippen LogP contribution < -0.4 is 0 Å². The van der Waals surface area contributed by atoms with Crippen LogP contribution in [0.25, 0.3) is 0 Å². The van der Waals surface area contributed by atoms with E-state index in [1.165, 1.54) is 24.8 Å². The first-order chi connectivity index (χ1) is 12.4. The minimum Gasteiger partial charge on any atom is -0.478 e. The summed E-state index contributed by atoms with van der Waals surface area (Å²) in [5.41, 5.74) is 1.36. The molecule has 26 heavy (non-hydrogen) atoms. The van der Waals surface area contributed by atoms with Crippen LogP contribution in [0.3, 0.4) is 0 Å². The minimum atomic E-state index is -1.26. The molecule has 3 aliphatic rings. The second-order valence-corrected chi connectivity index (χ2v) is 7.48. The Bertz CT molecular complexity index is 688. The Balaban J connectivity index is 0.000000211. The molecule has 4 bridgehead atoms. The average molecular weight is 380 g/mol. The van der Waals surface area contributed by atoms with Crippen LogP contribution in [0, 0.1) is 5.92 Å². The van der Waals surface area contributed by atoms with Crippen LogP contribution >= 0.6 is 11.6 Å². The fourth-order valence-electron chi connectivity index (χ4n) is 4.71. The van der Waals surface area contributed by atoms with Crippen molar-refractivity contribution >= 4 is 23.5 Å². The summed E-state index contributed by atoms with van der Waals surface area (Å²) in [6.45, 7) is 0.893. The molecular formula is C19H22ClNO5. The molecule has 0 radical (unpaired) electrons. The molecule has 7 heteroatoms. The van der Waals surface area contributed by atoms with E-state index in [2.05, 4.69) is 17.0 Å². The third-order valence-corrected chi connectivity index (χ3v) is 5.89. The number of rotatable bonds is 3. The fraction of sp³-hybridized carbons (Fsp3) is 0.474. The van der Waals surface area contributed by atoms with Crippen LogP contribution in [0.2, 0.25) is 5.02 Å². The second-order valence-electron chi connectivity index (χ2n) is 7.04. The van der Waals surface area contributed by atoms with E-state index < -0.39 is 11.9 Å². The summed E-state index contributed by atoms with van der Waals surface area (Å²) in [5.74, 6) is -1.56. The maximum atomic E-state index is 10.3. The summed E-state index contributed by atoms with van der Waals surface area (Å²) >= 11 is 5.97. The lowest BCUT2D eigenvalue weighted by molar-refractivity contribution is -0.134. The highest BCUT2D eigenvalue weighted by Crippen LogP contribution is 2.52. The van der Waals surface area contributed by atoms with Crippen LogP contribution in [0.15, 0.2) is 36.4 Å². The Morgan fingerprint density at radius 1 is 1.08 bits per heavy atom. The van der Waals surface area contributed by atoms with E-state index in [1.54, 1.807) is 0 Å². The molecule has 3 heterocycles. The Hall–Kier alpha value is -1.89. The number of carbonyl (C=O) groups is 2. The predicted octanol–water partition coefficient (Wildman–Crippen LogP) is 2.36. The number of aliphatic hydroxyl groups excluding tert-OH is 1. The normalized spacial score (nSPS) is 34.4. The van der Waals surface area contributed by atoms with Crippen LogP contribution in [-0.4, -0.2) is 56.9 Å². The number of aliphatic hydroxyl groups is 1. The van der Waals surface area contributed by atoms with Crippen molar-refractivity contribution in [2.75, 3.05) is 6.54 Å². The summed E-state index contributed by atoms with van der Waals surface area (Å²) in [6, 6.07) is 9.57. The maximum Gasteiger partial charge on any atom is 0.328 e. The first-order valence-electron chi connectivity index (χ1n) is 8.70. The molecule has 3 saturated heterocycles. The maximum absolute atomic E-state index is 10.3. The number of benzene rings is 1. The van der Waals surface area contributed by atoms with Gasteiger partial charge in [0.25, 0.3) is 0 Å². The van der Waals surface area contributed by atoms with Crippen molar-refractivity contribution in [3.05, 3.63) is 47.0 Å². The lowest BCUT2D eigenvalue weighted by atomic mass is 9.77. The highest BCUT2D eigenvalue weighted by Gasteiger charge is 2.55. The van der Waals surface area contributed by atoms with Crippen molar-refractivity contribution in [3.8, 4) is 0 Å². The number of hydrogen-bond acceptors (Lipinski definition) is 4. The van der Waals surface area contributed by atoms with Gasteiger partial charge in [-0.05, 0) is 42.9 Å². The van der Waals surface area contributed by atoms with Crippen LogP contribution in [-0.2, 0) is 9.59 Å². The van der Waals surface area contributed by atoms with Crippen molar-refractivity contribution in [2.45, 2.75) is 43.4 Å². The Morgan fingerprint density at radius 3 is 2.27 bits per heavy atom. The molecule has 4 rings (SSSR count). The van der Waals surface area contributed by atoms with Gasteiger partial charge in [-0.15, -0.1) is 0 Å². The van der Waals surface area contributed by atoms with E-state index >= 15 is 0 Å². The molecular weight excluding hydrogens is 358 g/mol. The van der Waals surface area contributed by atoms with Crippen molar-refractivity contribution in [2.24, 2.45) is 5.92 Å². The quantitative estimate of drug-likeness (QED) is 0.697. The van der Waals surface area contributed by atoms with Gasteiger partial charge in [0.1, 0.15) is 0 Å². The van der Waals surface area contributed by atoms with Crippen LogP contribution in [0.1, 0.15) is 30.7 Å². The molecule has 140 valence electrons. The van der Waals surface area contributed by atoms with Gasteiger partial charge in [-0.25, -0.2) is 9.59 Å². The summed E-state index contributed by atoms with van der Waals surface area (Å²) in [5, 5.41) is 26.8. The molecule has 6 nitrogen and oxygen atoms in total. The van der Waals surface area contributed by atoms with Gasteiger partial charge in [-0.1, -0.05) is 23.7 Å². The highest BCUT2D eigenvalue weighted by atomic mass is 35.5. The predicted molar refractivity (Wildman–Crippen MR) is 96.2 cm³/mol. The molecule has 0 amide bonds. The van der Waals surface area contributed by atoms with E-state index in [-0.39, 0.29) is 6.10 Å². The van der Waals surface area contributed by atoms with E-state index in [0.717, 1.165) is 11.6 Å². The zero-order chi connectivity index (χ0) is 18.8. The molecule has 0 aliphatic carbocycles. The van der Waals surface area contributed by atoms with Crippen LogP contribution in [0.5, 0.6) is 0 Å². The van der Waals surface area contributed by atoms with Gasteiger partial charge >= 0.3 is 11.9 Å². The molecule has 2 unspecified atom stereocenters. The molecule has 1 aromatic carbocycles. The zero-order valence-corrected chi connectivity index (χ0v) is 14.9. The van der Waals surface area contributed by atoms with Crippen molar-refractivity contribution in [1.82, 2.24) is 4.90 Å². The van der Waals surface area contributed by atoms with Crippen molar-refractivity contribution in [1.29, 1.82) is 0 Å². The first kappa shape index (κ1) is 18.9. The fourth-order valence-corrected chi connectivity index (χ4v) is 4.83. The molecule has 3 aliphatic heterocycles. The highest BCUT2D eigenvalue weighted by molar-refractivity contribution is 6.30. The number of aliphatic carboxylic acids is 2. The van der Waals surface area contributed by atoms with E-state index in [4.69, 9.17) is 21.8 Å². The van der Waals surface area contributed by atoms with E-state index in [0.29, 0.717) is 36.1 Å². The third kappa shape index (κ3) is 3.92. The molecule has 1 aromatic rings. The van der Waals surface area contributed by atoms with Gasteiger partial charge in [0.05, 0.1) is 6.10 Å². The van der Waals surface area contributed by atoms with Gasteiger partial charge < -0.3 is 15.3 Å². The summed E-state index contributed by atoms with van der Waals surface area (Å²) in [7, 11) is 0. The number of halogens is 1. The summed E-state index contributed by atoms with van der Waals surface area (Å²) in [6.07, 6.45) is 4.78. The Kier molecular flexibility index (Phi) is 5.65. The Morgan fingerprint density at radius 2 is 1.69 bits per heavy atom. The molecule has 6 atom stereocenters. The second kappa shape index (κ2) is 7.78. The molecule has 0 spiro atoms. The van der Waals surface area contributed by atoms with Crippen LogP contribution in [0.4, 0.5) is 0 Å². The van der Waals surface area contributed by atoms with E-state index in [1.807, 2.05) is 12.1 Å². The molecule has 3 N–H and O–H groups in total. The number of carboxylic acid groups (broad SMARTS) is 2. The third-order valence-electron chi connectivity index (χ3n) is 5.63. The summed E-state index contributed by atoms with van der Waals surface area (Å²) < 4.78 is 0. The lowest BCUT2D eigenvalue weighted by Crippen LogP contribution is -2.41. The smallest absolute Gasteiger partial charge is 0.328 e. The van der Waals surface area contributed by atoms with Gasteiger partial charge in [-0.3, -0.25) is 4.90 Å². The van der Waals surface area contributed by atoms with Gasteiger partial charge in [0.2, 0.25) is 0 Å². The van der Waals surface area contributed by atoms with Crippen molar-refractivity contribution in [3.63, 3.8) is 0 Å². The van der Waals surface area contributed by atoms with Crippen molar-refractivity contribution < 1.29 is 24.9 Å². The molecule has 0 aromatic heterocycles. The largest absolute Gasteiger partial charge is 0.478 e. The average Bonchev–Trinajstić information content (AvgIpc) is 2.98. The van der Waals surface area contributed by atoms with Gasteiger partial charge in [0, 0.05) is 41.7 Å². The SMILES string of the molecule is O=C(O)C=CC(=O)O.OC1CN2[C@H]3CC[C@@H]2[C@@H]1[C@@H](c1ccc(Cl)cc1)C3. The van der Waals surface area contributed by atoms with Gasteiger partial charge in [0.15, 0.2) is 0 Å². The Labute approximate surface area is 156 Å². The number of carboxylic acids is 2. The zero-order valence-electron chi connectivity index (χ0n) is 14.2. The standard InChI is InChI=1S/C15H18ClNO.C4H4O4/c16-10-3-1-9(2-4-10)12-7-11-5-6-13-15(12)14(18)8-17(11)13;5-3(6)1-2-4(7)8/h1-4,11-15,18H,5-8H2;1-2H,(H,5,6)(H,7,8)/t11-,12+,13+,14?,15-;/m0./s1. The topological polar surface area (TPSA) is 98.1 Å². The first-order valence-corrected chi connectivity index (χ1v) is 9.08. The lowest BCUT2D eigenvalue weighted by Gasteiger charge is -2.37. The number of piperidine rings is 1. The number of nitrogens with zero attached hydrogens (tertiary/aromatic N) is 1. The molecule has 3 fully saturated rings. The molecule has 0 saturated carbocycles.